The molecule has 0 aliphatic rings. The molecule has 0 bridgehead atoms. The first kappa shape index (κ1) is 17.8. The highest BCUT2D eigenvalue weighted by Gasteiger charge is 2.17. The molecule has 0 unspecified atom stereocenters. The fourth-order valence-electron chi connectivity index (χ4n) is 1.76. The number of aromatic nitrogens is 1. The maximum atomic E-state index is 11.9. The maximum Gasteiger partial charge on any atom is 0.244 e. The van der Waals surface area contributed by atoms with Crippen LogP contribution in [0.25, 0.3) is 0 Å². The Kier molecular flexibility index (Phi) is 6.04. The topological polar surface area (TPSA) is 59.5 Å². The summed E-state index contributed by atoms with van der Waals surface area (Å²) in [7, 11) is -0.421. The lowest BCUT2D eigenvalue weighted by molar-refractivity contribution is 0.344. The highest BCUT2D eigenvalue weighted by Crippen LogP contribution is 2.19. The zero-order chi connectivity index (χ0) is 16.9. The van der Waals surface area contributed by atoms with Crippen LogP contribution >= 0.6 is 11.8 Å². The predicted molar refractivity (Wildman–Crippen MR) is 92.5 cm³/mol. The molecule has 7 heteroatoms. The van der Waals surface area contributed by atoms with Crippen LogP contribution < -0.4 is 4.74 Å². The van der Waals surface area contributed by atoms with Crippen LogP contribution in [0.3, 0.4) is 0 Å². The quantitative estimate of drug-likeness (QED) is 0.566. The van der Waals surface area contributed by atoms with Crippen molar-refractivity contribution in [3.63, 3.8) is 0 Å². The van der Waals surface area contributed by atoms with Gasteiger partial charge in [-0.3, -0.25) is 0 Å². The van der Waals surface area contributed by atoms with Crippen molar-refractivity contribution in [3.05, 3.63) is 48.2 Å². The normalized spacial score (nSPS) is 11.7. The Morgan fingerprint density at radius 2 is 1.83 bits per heavy atom. The minimum absolute atomic E-state index is 0.197. The molecule has 2 aromatic rings. The Balaban J connectivity index is 1.84. The van der Waals surface area contributed by atoms with Gasteiger partial charge in [-0.1, -0.05) is 17.7 Å². The number of hydrogen-bond acceptors (Lipinski definition) is 5. The summed E-state index contributed by atoms with van der Waals surface area (Å²) in [4.78, 5) is 4.38. The zero-order valence-electron chi connectivity index (χ0n) is 13.4. The molecule has 1 heterocycles. The molecule has 0 aliphatic carbocycles. The minimum Gasteiger partial charge on any atom is -0.493 e. The Bertz CT molecular complexity index is 727. The minimum atomic E-state index is -3.42. The smallest absolute Gasteiger partial charge is 0.244 e. The highest BCUT2D eigenvalue weighted by atomic mass is 32.2. The van der Waals surface area contributed by atoms with Crippen molar-refractivity contribution in [1.29, 1.82) is 0 Å². The van der Waals surface area contributed by atoms with E-state index in [1.165, 1.54) is 41.9 Å². The summed E-state index contributed by atoms with van der Waals surface area (Å²) < 4.78 is 30.7. The summed E-state index contributed by atoms with van der Waals surface area (Å²) in [5.41, 5.74) is 1.20. The van der Waals surface area contributed by atoms with Crippen molar-refractivity contribution in [1.82, 2.24) is 9.29 Å². The van der Waals surface area contributed by atoms with Gasteiger partial charge in [-0.25, -0.2) is 17.7 Å². The molecule has 0 aliphatic heterocycles. The van der Waals surface area contributed by atoms with Gasteiger partial charge < -0.3 is 4.74 Å². The molecule has 0 N–H and O–H groups in total. The highest BCUT2D eigenvalue weighted by molar-refractivity contribution is 7.99. The van der Waals surface area contributed by atoms with Crippen molar-refractivity contribution >= 4 is 21.8 Å². The van der Waals surface area contributed by atoms with E-state index in [1.807, 2.05) is 31.2 Å². The first-order chi connectivity index (χ1) is 10.9. The Morgan fingerprint density at radius 1 is 1.13 bits per heavy atom. The predicted octanol–water partition coefficient (Wildman–Crippen LogP) is 2.81. The molecule has 0 radical (unpaired) electrons. The fourth-order valence-corrected chi connectivity index (χ4v) is 3.27. The molecule has 1 aromatic carbocycles. The van der Waals surface area contributed by atoms with Gasteiger partial charge in [0.1, 0.15) is 10.6 Å². The number of aryl methyl sites for hydroxylation is 1. The van der Waals surface area contributed by atoms with Crippen LogP contribution in [0.15, 0.2) is 52.5 Å². The SMILES string of the molecule is Cc1ccc(OCCSc2ccc(S(=O)(=O)N(C)C)cn2)cc1. The molecule has 5 nitrogen and oxygen atoms in total. The average molecular weight is 352 g/mol. The van der Waals surface area contributed by atoms with Gasteiger partial charge in [-0.15, -0.1) is 11.8 Å². The summed E-state index contributed by atoms with van der Waals surface area (Å²) in [6.07, 6.45) is 1.39. The largest absolute Gasteiger partial charge is 0.493 e. The van der Waals surface area contributed by atoms with Crippen molar-refractivity contribution in [2.75, 3.05) is 26.5 Å². The van der Waals surface area contributed by atoms with E-state index < -0.39 is 10.0 Å². The first-order valence-corrected chi connectivity index (χ1v) is 9.53. The van der Waals surface area contributed by atoms with Crippen LogP contribution in [0.1, 0.15) is 5.56 Å². The molecule has 2 rings (SSSR count). The lowest BCUT2D eigenvalue weighted by Crippen LogP contribution is -2.22. The van der Waals surface area contributed by atoms with E-state index in [2.05, 4.69) is 4.98 Å². The van der Waals surface area contributed by atoms with Gasteiger partial charge in [0, 0.05) is 26.0 Å². The summed E-state index contributed by atoms with van der Waals surface area (Å²) in [6.45, 7) is 2.60. The fraction of sp³-hybridized carbons (Fsp3) is 0.312. The van der Waals surface area contributed by atoms with Gasteiger partial charge in [0.05, 0.1) is 11.6 Å². The molecular weight excluding hydrogens is 332 g/mol. The third-order valence-corrected chi connectivity index (χ3v) is 5.82. The molecule has 0 atom stereocenters. The zero-order valence-corrected chi connectivity index (χ0v) is 15.0. The van der Waals surface area contributed by atoms with Crippen molar-refractivity contribution in [2.45, 2.75) is 16.8 Å². The second-order valence-corrected chi connectivity index (χ2v) is 8.40. The molecule has 0 amide bonds. The third-order valence-electron chi connectivity index (χ3n) is 3.11. The summed E-state index contributed by atoms with van der Waals surface area (Å²) in [6, 6.07) is 11.2. The molecular formula is C16H20N2O3S2. The van der Waals surface area contributed by atoms with Crippen LogP contribution in [-0.2, 0) is 10.0 Å². The van der Waals surface area contributed by atoms with Crippen molar-refractivity contribution in [2.24, 2.45) is 0 Å². The van der Waals surface area contributed by atoms with E-state index in [0.717, 1.165) is 16.5 Å². The Morgan fingerprint density at radius 3 is 2.39 bits per heavy atom. The van der Waals surface area contributed by atoms with E-state index in [0.29, 0.717) is 6.61 Å². The molecule has 0 saturated heterocycles. The number of ether oxygens (including phenoxy) is 1. The lowest BCUT2D eigenvalue weighted by Gasteiger charge is -2.11. The molecule has 1 aromatic heterocycles. The number of thioether (sulfide) groups is 1. The maximum absolute atomic E-state index is 11.9. The second-order valence-electron chi connectivity index (χ2n) is 5.13. The van der Waals surface area contributed by atoms with Gasteiger partial charge in [0.25, 0.3) is 0 Å². The van der Waals surface area contributed by atoms with Crippen LogP contribution in [0, 0.1) is 6.92 Å². The van der Waals surface area contributed by atoms with Gasteiger partial charge >= 0.3 is 0 Å². The molecule has 124 valence electrons. The monoisotopic (exact) mass is 352 g/mol. The third kappa shape index (κ3) is 4.95. The number of benzene rings is 1. The van der Waals surface area contributed by atoms with E-state index in [9.17, 15) is 8.42 Å². The summed E-state index contributed by atoms with van der Waals surface area (Å²) in [5.74, 6) is 1.58. The summed E-state index contributed by atoms with van der Waals surface area (Å²) >= 11 is 1.53. The van der Waals surface area contributed by atoms with E-state index in [4.69, 9.17) is 4.74 Å². The van der Waals surface area contributed by atoms with Crippen molar-refractivity contribution < 1.29 is 13.2 Å². The number of sulfonamides is 1. The second kappa shape index (κ2) is 7.81. The lowest BCUT2D eigenvalue weighted by atomic mass is 10.2. The molecule has 0 spiro atoms. The van der Waals surface area contributed by atoms with Gasteiger partial charge in [0.15, 0.2) is 0 Å². The number of hydrogen-bond donors (Lipinski definition) is 0. The molecule has 23 heavy (non-hydrogen) atoms. The first-order valence-electron chi connectivity index (χ1n) is 7.10. The molecule has 0 fully saturated rings. The van der Waals surface area contributed by atoms with Crippen LogP contribution in [0.4, 0.5) is 0 Å². The average Bonchev–Trinajstić information content (AvgIpc) is 2.53. The van der Waals surface area contributed by atoms with Crippen LogP contribution in [0.2, 0.25) is 0 Å². The standard InChI is InChI=1S/C16H20N2O3S2/c1-13-4-6-14(7-5-13)21-10-11-22-16-9-8-15(12-17-16)23(19,20)18(2)3/h4-9,12H,10-11H2,1-3H3. The van der Waals surface area contributed by atoms with Gasteiger partial charge in [0.2, 0.25) is 10.0 Å². The number of pyridine rings is 1. The van der Waals surface area contributed by atoms with Gasteiger partial charge in [-0.05, 0) is 31.2 Å². The number of nitrogens with zero attached hydrogens (tertiary/aromatic N) is 2. The number of rotatable bonds is 7. The van der Waals surface area contributed by atoms with Gasteiger partial charge in [-0.2, -0.15) is 0 Å². The van der Waals surface area contributed by atoms with E-state index >= 15 is 0 Å². The van der Waals surface area contributed by atoms with Crippen molar-refractivity contribution in [3.8, 4) is 5.75 Å². The molecule has 0 saturated carbocycles. The van der Waals surface area contributed by atoms with Crippen LogP contribution in [-0.4, -0.2) is 44.2 Å². The van der Waals surface area contributed by atoms with E-state index in [-0.39, 0.29) is 4.90 Å². The van der Waals surface area contributed by atoms with Crippen LogP contribution in [0.5, 0.6) is 5.75 Å². The van der Waals surface area contributed by atoms with E-state index in [1.54, 1.807) is 12.1 Å². The Labute approximate surface area is 141 Å². The summed E-state index contributed by atoms with van der Waals surface area (Å²) in [5, 5.41) is 0.773. The Hall–Kier alpha value is -1.57.